The van der Waals surface area contributed by atoms with Gasteiger partial charge in [0.2, 0.25) is 0 Å². The Morgan fingerprint density at radius 3 is 2.55 bits per heavy atom. The van der Waals surface area contributed by atoms with Crippen LogP contribution >= 0.6 is 0 Å². The van der Waals surface area contributed by atoms with Crippen LogP contribution in [0, 0.1) is 11.3 Å². The zero-order chi connectivity index (χ0) is 14.4. The van der Waals surface area contributed by atoms with E-state index < -0.39 is 0 Å². The highest BCUT2D eigenvalue weighted by atomic mass is 16.5. The molecule has 0 fully saturated rings. The third kappa shape index (κ3) is 3.15. The molecule has 2 aromatic rings. The van der Waals surface area contributed by atoms with Gasteiger partial charge in [0.15, 0.2) is 0 Å². The molecule has 4 heteroatoms. The molecule has 0 saturated carbocycles. The summed E-state index contributed by atoms with van der Waals surface area (Å²) in [6.45, 7) is 0. The molecule has 20 heavy (non-hydrogen) atoms. The van der Waals surface area contributed by atoms with Crippen LogP contribution in [0.3, 0.4) is 0 Å². The van der Waals surface area contributed by atoms with Crippen LogP contribution in [-0.4, -0.2) is 13.0 Å². The van der Waals surface area contributed by atoms with Gasteiger partial charge in [0.1, 0.15) is 5.75 Å². The van der Waals surface area contributed by atoms with Crippen LogP contribution < -0.4 is 10.1 Å². The fourth-order valence-electron chi connectivity index (χ4n) is 1.85. The van der Waals surface area contributed by atoms with Crippen molar-refractivity contribution in [2.24, 2.45) is 0 Å². The molecule has 1 amide bonds. The van der Waals surface area contributed by atoms with Crippen molar-refractivity contribution in [3.05, 3.63) is 59.7 Å². The summed E-state index contributed by atoms with van der Waals surface area (Å²) < 4.78 is 5.06. The lowest BCUT2D eigenvalue weighted by Crippen LogP contribution is -2.14. The Morgan fingerprint density at radius 1 is 1.20 bits per heavy atom. The van der Waals surface area contributed by atoms with Crippen molar-refractivity contribution in [1.29, 1.82) is 5.26 Å². The SMILES string of the molecule is COc1ccc(NC(=O)c2ccccc2CC#N)cc1. The average Bonchev–Trinajstić information content (AvgIpc) is 2.49. The minimum Gasteiger partial charge on any atom is -0.497 e. The summed E-state index contributed by atoms with van der Waals surface area (Å²) >= 11 is 0. The number of carbonyl (C=O) groups excluding carboxylic acids is 1. The lowest BCUT2D eigenvalue weighted by molar-refractivity contribution is 0.102. The average molecular weight is 266 g/mol. The number of nitriles is 1. The van der Waals surface area contributed by atoms with E-state index in [0.29, 0.717) is 11.3 Å². The van der Waals surface area contributed by atoms with Crippen molar-refractivity contribution >= 4 is 11.6 Å². The van der Waals surface area contributed by atoms with Crippen LogP contribution in [0.5, 0.6) is 5.75 Å². The first-order valence-electron chi connectivity index (χ1n) is 6.15. The van der Waals surface area contributed by atoms with Crippen molar-refractivity contribution in [1.82, 2.24) is 0 Å². The van der Waals surface area contributed by atoms with Crippen molar-refractivity contribution in [3.8, 4) is 11.8 Å². The van der Waals surface area contributed by atoms with Gasteiger partial charge in [-0.2, -0.15) is 5.26 Å². The highest BCUT2D eigenvalue weighted by molar-refractivity contribution is 6.05. The first kappa shape index (κ1) is 13.6. The Bertz CT molecular complexity index is 642. The summed E-state index contributed by atoms with van der Waals surface area (Å²) in [6, 6.07) is 16.2. The van der Waals surface area contributed by atoms with Crippen molar-refractivity contribution in [3.63, 3.8) is 0 Å². The molecule has 2 aromatic carbocycles. The van der Waals surface area contributed by atoms with Gasteiger partial charge in [-0.15, -0.1) is 0 Å². The number of ether oxygens (including phenoxy) is 1. The van der Waals surface area contributed by atoms with Gasteiger partial charge in [0, 0.05) is 11.3 Å². The van der Waals surface area contributed by atoms with E-state index in [0.717, 1.165) is 11.3 Å². The van der Waals surface area contributed by atoms with E-state index in [-0.39, 0.29) is 12.3 Å². The molecule has 0 spiro atoms. The molecule has 0 aliphatic carbocycles. The predicted octanol–water partition coefficient (Wildman–Crippen LogP) is 3.01. The fraction of sp³-hybridized carbons (Fsp3) is 0.125. The van der Waals surface area contributed by atoms with E-state index in [1.165, 1.54) is 0 Å². The van der Waals surface area contributed by atoms with Gasteiger partial charge in [0.05, 0.1) is 19.6 Å². The number of carbonyl (C=O) groups is 1. The number of anilines is 1. The third-order valence-electron chi connectivity index (χ3n) is 2.88. The Labute approximate surface area is 117 Å². The number of nitrogens with one attached hydrogen (secondary N) is 1. The maximum Gasteiger partial charge on any atom is 0.255 e. The van der Waals surface area contributed by atoms with Gasteiger partial charge in [0.25, 0.3) is 5.91 Å². The molecule has 100 valence electrons. The first-order valence-corrected chi connectivity index (χ1v) is 6.15. The zero-order valence-electron chi connectivity index (χ0n) is 11.1. The highest BCUT2D eigenvalue weighted by Crippen LogP contribution is 2.17. The molecule has 0 heterocycles. The molecule has 0 aromatic heterocycles. The van der Waals surface area contributed by atoms with Crippen molar-refractivity contribution in [2.45, 2.75) is 6.42 Å². The van der Waals surface area contributed by atoms with Gasteiger partial charge in [-0.25, -0.2) is 0 Å². The van der Waals surface area contributed by atoms with E-state index in [2.05, 4.69) is 11.4 Å². The lowest BCUT2D eigenvalue weighted by atomic mass is 10.0. The maximum atomic E-state index is 12.2. The van der Waals surface area contributed by atoms with Gasteiger partial charge < -0.3 is 10.1 Å². The number of benzene rings is 2. The van der Waals surface area contributed by atoms with Gasteiger partial charge in [-0.3, -0.25) is 4.79 Å². The normalized spacial score (nSPS) is 9.60. The lowest BCUT2D eigenvalue weighted by Gasteiger charge is -2.08. The summed E-state index contributed by atoms with van der Waals surface area (Å²) in [4.78, 5) is 12.2. The third-order valence-corrected chi connectivity index (χ3v) is 2.88. The van der Waals surface area contributed by atoms with Gasteiger partial charge in [-0.1, -0.05) is 18.2 Å². The Hall–Kier alpha value is -2.80. The second-order valence-corrected chi connectivity index (χ2v) is 4.17. The molecule has 0 bridgehead atoms. The molecule has 1 N–H and O–H groups in total. The van der Waals surface area contributed by atoms with Crippen molar-refractivity contribution in [2.75, 3.05) is 12.4 Å². The van der Waals surface area contributed by atoms with Crippen LogP contribution in [0.25, 0.3) is 0 Å². The molecule has 0 aliphatic heterocycles. The van der Waals surface area contributed by atoms with Crippen LogP contribution in [0.1, 0.15) is 15.9 Å². The number of methoxy groups -OCH3 is 1. The molecular formula is C16H14N2O2. The van der Waals surface area contributed by atoms with Gasteiger partial charge >= 0.3 is 0 Å². The predicted molar refractivity (Wildman–Crippen MR) is 76.7 cm³/mol. The zero-order valence-corrected chi connectivity index (χ0v) is 11.1. The van der Waals surface area contributed by atoms with Crippen LogP contribution in [-0.2, 0) is 6.42 Å². The summed E-state index contributed by atoms with van der Waals surface area (Å²) in [6.07, 6.45) is 0.214. The number of hydrogen-bond acceptors (Lipinski definition) is 3. The van der Waals surface area contributed by atoms with E-state index in [1.54, 1.807) is 49.6 Å². The monoisotopic (exact) mass is 266 g/mol. The molecule has 0 radical (unpaired) electrons. The minimum atomic E-state index is -0.221. The Balaban J connectivity index is 2.17. The fourth-order valence-corrected chi connectivity index (χ4v) is 1.85. The van der Waals surface area contributed by atoms with Crippen molar-refractivity contribution < 1.29 is 9.53 Å². The molecule has 0 unspecified atom stereocenters. The Morgan fingerprint density at radius 2 is 1.90 bits per heavy atom. The quantitative estimate of drug-likeness (QED) is 0.925. The smallest absolute Gasteiger partial charge is 0.255 e. The molecular weight excluding hydrogens is 252 g/mol. The summed E-state index contributed by atoms with van der Waals surface area (Å²) in [7, 11) is 1.59. The standard InChI is InChI=1S/C16H14N2O2/c1-20-14-8-6-13(7-9-14)18-16(19)15-5-3-2-4-12(15)10-11-17/h2-9H,10H2,1H3,(H,18,19). The minimum absolute atomic E-state index is 0.214. The van der Waals surface area contributed by atoms with Crippen LogP contribution in [0.2, 0.25) is 0 Å². The van der Waals surface area contributed by atoms with Crippen LogP contribution in [0.4, 0.5) is 5.69 Å². The maximum absolute atomic E-state index is 12.2. The molecule has 0 atom stereocenters. The highest BCUT2D eigenvalue weighted by Gasteiger charge is 2.10. The van der Waals surface area contributed by atoms with E-state index in [9.17, 15) is 4.79 Å². The second-order valence-electron chi connectivity index (χ2n) is 4.17. The largest absolute Gasteiger partial charge is 0.497 e. The molecule has 2 rings (SSSR count). The summed E-state index contributed by atoms with van der Waals surface area (Å²) in [5, 5.41) is 11.6. The summed E-state index contributed by atoms with van der Waals surface area (Å²) in [5.74, 6) is 0.508. The Kier molecular flexibility index (Phi) is 4.35. The molecule has 0 aliphatic rings. The first-order chi connectivity index (χ1) is 9.74. The second kappa shape index (κ2) is 6.39. The van der Waals surface area contributed by atoms with E-state index in [1.807, 2.05) is 6.07 Å². The number of rotatable bonds is 4. The number of nitrogens with zero attached hydrogens (tertiary/aromatic N) is 1. The van der Waals surface area contributed by atoms with Crippen LogP contribution in [0.15, 0.2) is 48.5 Å². The number of amides is 1. The topological polar surface area (TPSA) is 62.1 Å². The van der Waals surface area contributed by atoms with E-state index in [4.69, 9.17) is 10.00 Å². The number of hydrogen-bond donors (Lipinski definition) is 1. The van der Waals surface area contributed by atoms with Gasteiger partial charge in [-0.05, 0) is 35.9 Å². The molecule has 0 saturated heterocycles. The molecule has 4 nitrogen and oxygen atoms in total. The summed E-state index contributed by atoms with van der Waals surface area (Å²) in [5.41, 5.74) is 1.92. The van der Waals surface area contributed by atoms with E-state index >= 15 is 0 Å².